The predicted octanol–water partition coefficient (Wildman–Crippen LogP) is 2.84. The number of benzene rings is 1. The number of nitrogens with zero attached hydrogens (tertiary/aromatic N) is 3. The van der Waals surface area contributed by atoms with Crippen molar-refractivity contribution in [2.45, 2.75) is 37.1 Å². The highest BCUT2D eigenvalue weighted by Crippen LogP contribution is 2.24. The zero-order chi connectivity index (χ0) is 18.9. The monoisotopic (exact) mass is 382 g/mol. The highest BCUT2D eigenvalue weighted by Gasteiger charge is 2.18. The molecule has 0 fully saturated rings. The van der Waals surface area contributed by atoms with Crippen LogP contribution in [0.15, 0.2) is 53.7 Å². The van der Waals surface area contributed by atoms with Crippen molar-refractivity contribution in [2.24, 2.45) is 7.05 Å². The van der Waals surface area contributed by atoms with Crippen molar-refractivity contribution in [1.29, 1.82) is 0 Å². The quantitative estimate of drug-likeness (QED) is 0.736. The molecule has 0 amide bonds. The molecular formula is C20H22N4O2S. The van der Waals surface area contributed by atoms with Gasteiger partial charge in [0.1, 0.15) is 0 Å². The number of aryl methyl sites for hydroxylation is 3. The van der Waals surface area contributed by atoms with E-state index in [1.165, 1.54) is 12.0 Å². The van der Waals surface area contributed by atoms with Gasteiger partial charge in [-0.05, 0) is 67.1 Å². The smallest absolute Gasteiger partial charge is 0.240 e. The Morgan fingerprint density at radius 1 is 1.04 bits per heavy atom. The molecule has 0 spiro atoms. The first-order valence-corrected chi connectivity index (χ1v) is 10.6. The summed E-state index contributed by atoms with van der Waals surface area (Å²) in [6, 6.07) is 11.1. The molecule has 0 radical (unpaired) electrons. The standard InChI is InChI=1S/C20H22N4O2S/c1-24-18(13-20(23-24)16-8-10-21-11-9-16)14-22-27(25,26)19-7-6-15-4-2-3-5-17(15)12-19/h6-13,22H,2-5,14H2,1H3. The summed E-state index contributed by atoms with van der Waals surface area (Å²) in [4.78, 5) is 4.34. The summed E-state index contributed by atoms with van der Waals surface area (Å²) in [5.74, 6) is 0. The molecule has 0 saturated carbocycles. The summed E-state index contributed by atoms with van der Waals surface area (Å²) in [6.07, 6.45) is 7.71. The molecule has 27 heavy (non-hydrogen) atoms. The molecule has 1 aromatic carbocycles. The molecule has 4 rings (SSSR count). The summed E-state index contributed by atoms with van der Waals surface area (Å²) >= 11 is 0. The lowest BCUT2D eigenvalue weighted by Crippen LogP contribution is -2.24. The van der Waals surface area contributed by atoms with Crippen LogP contribution in [0.4, 0.5) is 0 Å². The Labute approximate surface area is 159 Å². The molecule has 7 heteroatoms. The number of nitrogens with one attached hydrogen (secondary N) is 1. The Morgan fingerprint density at radius 2 is 1.78 bits per heavy atom. The maximum atomic E-state index is 12.7. The molecule has 0 atom stereocenters. The SMILES string of the molecule is Cn1nc(-c2ccncc2)cc1CNS(=O)(=O)c1ccc2c(c1)CCCC2. The van der Waals surface area contributed by atoms with Crippen molar-refractivity contribution in [3.8, 4) is 11.3 Å². The van der Waals surface area contributed by atoms with E-state index in [0.717, 1.165) is 41.8 Å². The number of aromatic nitrogens is 3. The minimum Gasteiger partial charge on any atom is -0.271 e. The Morgan fingerprint density at radius 3 is 2.56 bits per heavy atom. The molecular weight excluding hydrogens is 360 g/mol. The van der Waals surface area contributed by atoms with Crippen LogP contribution in [0.1, 0.15) is 29.7 Å². The lowest BCUT2D eigenvalue weighted by molar-refractivity contribution is 0.576. The number of hydrogen-bond acceptors (Lipinski definition) is 4. The lowest BCUT2D eigenvalue weighted by Gasteiger charge is -2.16. The number of sulfonamides is 1. The van der Waals surface area contributed by atoms with Gasteiger partial charge in [0.05, 0.1) is 22.8 Å². The van der Waals surface area contributed by atoms with Crippen LogP contribution >= 0.6 is 0 Å². The van der Waals surface area contributed by atoms with Crippen LogP contribution in [-0.4, -0.2) is 23.2 Å². The van der Waals surface area contributed by atoms with Gasteiger partial charge in [-0.2, -0.15) is 5.10 Å². The first-order valence-electron chi connectivity index (χ1n) is 9.08. The minimum atomic E-state index is -3.57. The van der Waals surface area contributed by atoms with Gasteiger partial charge in [0, 0.05) is 25.0 Å². The maximum Gasteiger partial charge on any atom is 0.240 e. The maximum absolute atomic E-state index is 12.7. The highest BCUT2D eigenvalue weighted by atomic mass is 32.2. The van der Waals surface area contributed by atoms with Crippen molar-refractivity contribution in [3.05, 3.63) is 65.6 Å². The molecule has 1 aliphatic rings. The molecule has 140 valence electrons. The van der Waals surface area contributed by atoms with E-state index < -0.39 is 10.0 Å². The molecule has 2 heterocycles. The number of rotatable bonds is 5. The molecule has 0 saturated heterocycles. The lowest BCUT2D eigenvalue weighted by atomic mass is 9.92. The second-order valence-corrected chi connectivity index (χ2v) is 8.61. The van der Waals surface area contributed by atoms with E-state index in [0.29, 0.717) is 4.90 Å². The number of fused-ring (bicyclic) bond motifs is 1. The summed E-state index contributed by atoms with van der Waals surface area (Å²) in [5, 5.41) is 4.47. The van der Waals surface area contributed by atoms with E-state index in [1.807, 2.05) is 37.4 Å². The van der Waals surface area contributed by atoms with E-state index in [1.54, 1.807) is 23.1 Å². The molecule has 0 aliphatic heterocycles. The Kier molecular flexibility index (Phi) is 4.80. The number of hydrogen-bond donors (Lipinski definition) is 1. The molecule has 0 unspecified atom stereocenters. The first kappa shape index (κ1) is 17.9. The fourth-order valence-corrected chi connectivity index (χ4v) is 4.51. The van der Waals surface area contributed by atoms with Crippen LogP contribution in [0.2, 0.25) is 0 Å². The largest absolute Gasteiger partial charge is 0.271 e. The third-order valence-corrected chi connectivity index (χ3v) is 6.43. The van der Waals surface area contributed by atoms with Crippen molar-refractivity contribution < 1.29 is 8.42 Å². The van der Waals surface area contributed by atoms with Gasteiger partial charge in [-0.1, -0.05) is 6.07 Å². The van der Waals surface area contributed by atoms with Crippen molar-refractivity contribution >= 4 is 10.0 Å². The minimum absolute atomic E-state index is 0.188. The van der Waals surface area contributed by atoms with Gasteiger partial charge in [0.15, 0.2) is 0 Å². The van der Waals surface area contributed by atoms with Gasteiger partial charge in [0.25, 0.3) is 0 Å². The van der Waals surface area contributed by atoms with Crippen LogP contribution in [0.5, 0.6) is 0 Å². The molecule has 1 N–H and O–H groups in total. The van der Waals surface area contributed by atoms with Gasteiger partial charge >= 0.3 is 0 Å². The van der Waals surface area contributed by atoms with Crippen molar-refractivity contribution in [2.75, 3.05) is 0 Å². The normalized spacial score (nSPS) is 14.1. The summed E-state index contributed by atoms with van der Waals surface area (Å²) in [7, 11) is -1.75. The second kappa shape index (κ2) is 7.25. The van der Waals surface area contributed by atoms with Gasteiger partial charge in [-0.3, -0.25) is 9.67 Å². The van der Waals surface area contributed by atoms with Gasteiger partial charge in [-0.15, -0.1) is 0 Å². The average Bonchev–Trinajstić information content (AvgIpc) is 3.07. The predicted molar refractivity (Wildman–Crippen MR) is 104 cm³/mol. The third-order valence-electron chi connectivity index (χ3n) is 5.03. The molecule has 6 nitrogen and oxygen atoms in total. The zero-order valence-electron chi connectivity index (χ0n) is 15.2. The summed E-state index contributed by atoms with van der Waals surface area (Å²) in [5.41, 5.74) is 4.97. The molecule has 1 aliphatic carbocycles. The molecule has 2 aromatic heterocycles. The number of pyridine rings is 1. The van der Waals surface area contributed by atoms with E-state index in [4.69, 9.17) is 0 Å². The second-order valence-electron chi connectivity index (χ2n) is 6.84. The van der Waals surface area contributed by atoms with Gasteiger partial charge < -0.3 is 0 Å². The Hall–Kier alpha value is -2.51. The van der Waals surface area contributed by atoms with E-state index in [2.05, 4.69) is 14.8 Å². The fourth-order valence-electron chi connectivity index (χ4n) is 3.46. The van der Waals surface area contributed by atoms with Crippen LogP contribution in [0.3, 0.4) is 0 Å². The summed E-state index contributed by atoms with van der Waals surface area (Å²) < 4.78 is 29.9. The van der Waals surface area contributed by atoms with Crippen LogP contribution in [0, 0.1) is 0 Å². The Bertz CT molecular complexity index is 1060. The molecule has 0 bridgehead atoms. The third kappa shape index (κ3) is 3.79. The van der Waals surface area contributed by atoms with E-state index in [9.17, 15) is 8.42 Å². The van der Waals surface area contributed by atoms with Gasteiger partial charge in [0.2, 0.25) is 10.0 Å². The van der Waals surface area contributed by atoms with Crippen molar-refractivity contribution in [3.63, 3.8) is 0 Å². The summed E-state index contributed by atoms with van der Waals surface area (Å²) in [6.45, 7) is 0.188. The van der Waals surface area contributed by atoms with Gasteiger partial charge in [-0.25, -0.2) is 13.1 Å². The fraction of sp³-hybridized carbons (Fsp3) is 0.300. The first-order chi connectivity index (χ1) is 13.0. The van der Waals surface area contributed by atoms with Crippen LogP contribution < -0.4 is 4.72 Å². The van der Waals surface area contributed by atoms with E-state index >= 15 is 0 Å². The average molecular weight is 382 g/mol. The van der Waals surface area contributed by atoms with Crippen molar-refractivity contribution in [1.82, 2.24) is 19.5 Å². The topological polar surface area (TPSA) is 76.9 Å². The zero-order valence-corrected chi connectivity index (χ0v) is 16.0. The van der Waals surface area contributed by atoms with Crippen LogP contribution in [-0.2, 0) is 36.5 Å². The molecule has 3 aromatic rings. The van der Waals surface area contributed by atoms with E-state index in [-0.39, 0.29) is 6.54 Å². The van der Waals surface area contributed by atoms with Crippen LogP contribution in [0.25, 0.3) is 11.3 Å². The Balaban J connectivity index is 1.52. The highest BCUT2D eigenvalue weighted by molar-refractivity contribution is 7.89.